The van der Waals surface area contributed by atoms with E-state index in [4.69, 9.17) is 4.74 Å². The molecule has 0 aromatic heterocycles. The summed E-state index contributed by atoms with van der Waals surface area (Å²) < 4.78 is 5.29. The monoisotopic (exact) mass is 262 g/mol. The highest BCUT2D eigenvalue weighted by atomic mass is 16.5. The molecule has 0 fully saturated rings. The van der Waals surface area contributed by atoms with Crippen LogP contribution in [0.1, 0.15) is 46.1 Å². The van der Waals surface area contributed by atoms with E-state index >= 15 is 0 Å². The van der Waals surface area contributed by atoms with E-state index in [2.05, 4.69) is 27.7 Å². The molecule has 0 saturated carbocycles. The van der Waals surface area contributed by atoms with E-state index in [1.807, 2.05) is 30.3 Å². The van der Waals surface area contributed by atoms with E-state index < -0.39 is 0 Å². The Hall–Kier alpha value is -1.31. The Balaban J connectivity index is 2.21. The molecule has 0 amide bonds. The topological polar surface area (TPSA) is 26.3 Å². The number of hydrogen-bond donors (Lipinski definition) is 0. The third-order valence-corrected chi connectivity index (χ3v) is 3.03. The van der Waals surface area contributed by atoms with Crippen molar-refractivity contribution in [2.75, 3.05) is 6.61 Å². The Morgan fingerprint density at radius 3 is 2.42 bits per heavy atom. The van der Waals surface area contributed by atoms with Crippen LogP contribution in [0.5, 0.6) is 0 Å². The second-order valence-corrected chi connectivity index (χ2v) is 6.54. The van der Waals surface area contributed by atoms with E-state index in [0.29, 0.717) is 24.4 Å². The van der Waals surface area contributed by atoms with Gasteiger partial charge in [0.25, 0.3) is 0 Å². The molecule has 2 heteroatoms. The highest BCUT2D eigenvalue weighted by Crippen LogP contribution is 2.25. The van der Waals surface area contributed by atoms with Gasteiger partial charge in [-0.3, -0.25) is 4.79 Å². The molecule has 0 aliphatic rings. The second-order valence-electron chi connectivity index (χ2n) is 6.54. The molecule has 0 saturated heterocycles. The Bertz CT molecular complexity index is 376. The van der Waals surface area contributed by atoms with Crippen LogP contribution in [0.2, 0.25) is 0 Å². The smallest absolute Gasteiger partial charge is 0.310 e. The van der Waals surface area contributed by atoms with Crippen LogP contribution in [0.3, 0.4) is 0 Å². The van der Waals surface area contributed by atoms with Gasteiger partial charge in [-0.15, -0.1) is 0 Å². The normalized spacial score (nSPS) is 13.1. The second kappa shape index (κ2) is 7.32. The van der Waals surface area contributed by atoms with E-state index in [1.54, 1.807) is 0 Å². The fourth-order valence-electron chi connectivity index (χ4n) is 2.33. The summed E-state index contributed by atoms with van der Waals surface area (Å²) in [5.74, 6) is 0.457. The summed E-state index contributed by atoms with van der Waals surface area (Å²) in [5.41, 5.74) is 1.35. The maximum Gasteiger partial charge on any atom is 0.310 e. The van der Waals surface area contributed by atoms with E-state index in [-0.39, 0.29) is 5.97 Å². The molecule has 0 radical (unpaired) electrons. The molecule has 1 atom stereocenters. The lowest BCUT2D eigenvalue weighted by Crippen LogP contribution is -2.15. The minimum atomic E-state index is -0.130. The van der Waals surface area contributed by atoms with Gasteiger partial charge in [0, 0.05) is 0 Å². The predicted octanol–water partition coefficient (Wildman–Crippen LogP) is 4.23. The fourth-order valence-corrected chi connectivity index (χ4v) is 2.33. The average Bonchev–Trinajstić information content (AvgIpc) is 2.27. The molecule has 0 spiro atoms. The van der Waals surface area contributed by atoms with Crippen molar-refractivity contribution >= 4 is 5.97 Å². The Labute approximate surface area is 117 Å². The highest BCUT2D eigenvalue weighted by molar-refractivity contribution is 5.72. The molecule has 19 heavy (non-hydrogen) atoms. The molecule has 1 aromatic carbocycles. The molecule has 0 heterocycles. The molecule has 0 aliphatic carbocycles. The Morgan fingerprint density at radius 1 is 1.21 bits per heavy atom. The van der Waals surface area contributed by atoms with Gasteiger partial charge in [0.2, 0.25) is 0 Å². The van der Waals surface area contributed by atoms with Gasteiger partial charge in [0.1, 0.15) is 0 Å². The molecule has 2 nitrogen and oxygen atoms in total. The SMILES string of the molecule is CC(CCOC(=O)Cc1ccccc1)CC(C)(C)C. The lowest BCUT2D eigenvalue weighted by Gasteiger charge is -2.23. The number of benzene rings is 1. The molecule has 0 bridgehead atoms. The largest absolute Gasteiger partial charge is 0.465 e. The number of esters is 1. The van der Waals surface area contributed by atoms with Crippen molar-refractivity contribution in [2.24, 2.45) is 11.3 Å². The van der Waals surface area contributed by atoms with Crippen molar-refractivity contribution in [3.8, 4) is 0 Å². The standard InChI is InChI=1S/C17H26O2/c1-14(13-17(2,3)4)10-11-19-16(18)12-15-8-6-5-7-9-15/h5-9,14H,10-13H2,1-4H3. The third kappa shape index (κ3) is 7.66. The predicted molar refractivity (Wildman–Crippen MR) is 79.0 cm³/mol. The van der Waals surface area contributed by atoms with E-state index in [0.717, 1.165) is 18.4 Å². The summed E-state index contributed by atoms with van der Waals surface area (Å²) >= 11 is 0. The minimum Gasteiger partial charge on any atom is -0.465 e. The van der Waals surface area contributed by atoms with Crippen molar-refractivity contribution in [1.29, 1.82) is 0 Å². The molecular formula is C17H26O2. The quantitative estimate of drug-likeness (QED) is 0.717. The molecule has 106 valence electrons. The van der Waals surface area contributed by atoms with Gasteiger partial charge in [-0.05, 0) is 29.7 Å². The highest BCUT2D eigenvalue weighted by Gasteiger charge is 2.15. The van der Waals surface area contributed by atoms with Gasteiger partial charge < -0.3 is 4.74 Å². The van der Waals surface area contributed by atoms with Crippen LogP contribution >= 0.6 is 0 Å². The first kappa shape index (κ1) is 15.7. The lowest BCUT2D eigenvalue weighted by atomic mass is 9.84. The van der Waals surface area contributed by atoms with E-state index in [1.165, 1.54) is 0 Å². The van der Waals surface area contributed by atoms with Gasteiger partial charge in [0.05, 0.1) is 13.0 Å². The zero-order valence-electron chi connectivity index (χ0n) is 12.6. The van der Waals surface area contributed by atoms with Crippen LogP contribution in [-0.4, -0.2) is 12.6 Å². The summed E-state index contributed by atoms with van der Waals surface area (Å²) in [6.45, 7) is 9.47. The Morgan fingerprint density at radius 2 is 1.84 bits per heavy atom. The van der Waals surface area contributed by atoms with Gasteiger partial charge in [-0.2, -0.15) is 0 Å². The van der Waals surface area contributed by atoms with Crippen LogP contribution in [0.15, 0.2) is 30.3 Å². The van der Waals surface area contributed by atoms with Crippen molar-refractivity contribution in [1.82, 2.24) is 0 Å². The molecule has 0 aliphatic heterocycles. The van der Waals surface area contributed by atoms with Gasteiger partial charge in [-0.1, -0.05) is 58.0 Å². The third-order valence-electron chi connectivity index (χ3n) is 3.03. The summed E-state index contributed by atoms with van der Waals surface area (Å²) in [4.78, 5) is 11.7. The first-order valence-corrected chi connectivity index (χ1v) is 7.06. The summed E-state index contributed by atoms with van der Waals surface area (Å²) in [6, 6.07) is 9.72. The summed E-state index contributed by atoms with van der Waals surface area (Å²) in [6.07, 6.45) is 2.47. The van der Waals surface area contributed by atoms with Gasteiger partial charge in [0.15, 0.2) is 0 Å². The zero-order chi connectivity index (χ0) is 14.3. The average molecular weight is 262 g/mol. The summed E-state index contributed by atoms with van der Waals surface area (Å²) in [7, 11) is 0. The number of ether oxygens (including phenoxy) is 1. The number of rotatable bonds is 6. The van der Waals surface area contributed by atoms with Crippen molar-refractivity contribution in [3.05, 3.63) is 35.9 Å². The summed E-state index contributed by atoms with van der Waals surface area (Å²) in [5, 5.41) is 0. The first-order chi connectivity index (χ1) is 8.87. The Kier molecular flexibility index (Phi) is 6.07. The molecule has 1 unspecified atom stereocenters. The van der Waals surface area contributed by atoms with Crippen LogP contribution in [0.4, 0.5) is 0 Å². The molecular weight excluding hydrogens is 236 g/mol. The van der Waals surface area contributed by atoms with Crippen LogP contribution in [0, 0.1) is 11.3 Å². The van der Waals surface area contributed by atoms with Crippen molar-refractivity contribution in [2.45, 2.75) is 47.0 Å². The molecule has 1 aromatic rings. The maximum atomic E-state index is 11.7. The fraction of sp³-hybridized carbons (Fsp3) is 0.588. The number of carbonyl (C=O) groups excluding carboxylic acids is 1. The van der Waals surface area contributed by atoms with Gasteiger partial charge in [-0.25, -0.2) is 0 Å². The maximum absolute atomic E-state index is 11.7. The number of carbonyl (C=O) groups is 1. The molecule has 0 N–H and O–H groups in total. The van der Waals surface area contributed by atoms with Crippen molar-refractivity contribution in [3.63, 3.8) is 0 Å². The minimum absolute atomic E-state index is 0.130. The number of hydrogen-bond acceptors (Lipinski definition) is 2. The zero-order valence-corrected chi connectivity index (χ0v) is 12.6. The molecule has 1 rings (SSSR count). The van der Waals surface area contributed by atoms with Crippen LogP contribution < -0.4 is 0 Å². The van der Waals surface area contributed by atoms with E-state index in [9.17, 15) is 4.79 Å². The lowest BCUT2D eigenvalue weighted by molar-refractivity contribution is -0.143. The van der Waals surface area contributed by atoms with Crippen LogP contribution in [-0.2, 0) is 16.0 Å². The van der Waals surface area contributed by atoms with Gasteiger partial charge >= 0.3 is 5.97 Å². The first-order valence-electron chi connectivity index (χ1n) is 7.06. The van der Waals surface area contributed by atoms with Crippen LogP contribution in [0.25, 0.3) is 0 Å². The van der Waals surface area contributed by atoms with Crippen molar-refractivity contribution < 1.29 is 9.53 Å².